The molecule has 0 aromatic carbocycles. The quantitative estimate of drug-likeness (QED) is 0.826. The highest BCUT2D eigenvalue weighted by atomic mass is 32.1. The van der Waals surface area contributed by atoms with Gasteiger partial charge in [-0.25, -0.2) is 4.98 Å². The van der Waals surface area contributed by atoms with Crippen molar-refractivity contribution in [3.8, 4) is 9.88 Å². The molecule has 0 amide bonds. The van der Waals surface area contributed by atoms with Gasteiger partial charge in [0, 0.05) is 0 Å². The van der Waals surface area contributed by atoms with Crippen LogP contribution >= 0.6 is 22.7 Å². The molecular weight excluding hydrogens is 226 g/mol. The number of fused-ring (bicyclic) bond motifs is 1. The van der Waals surface area contributed by atoms with Crippen molar-refractivity contribution in [2.45, 2.75) is 25.4 Å². The first-order valence-electron chi connectivity index (χ1n) is 5.06. The number of hydrogen-bond donors (Lipinski definition) is 1. The van der Waals surface area contributed by atoms with Gasteiger partial charge in [-0.2, -0.15) is 0 Å². The number of thiazole rings is 1. The second kappa shape index (κ2) is 3.70. The maximum atomic E-state index is 9.85. The van der Waals surface area contributed by atoms with Crippen molar-refractivity contribution in [3.05, 3.63) is 28.1 Å². The van der Waals surface area contributed by atoms with Gasteiger partial charge in [0.15, 0.2) is 0 Å². The summed E-state index contributed by atoms with van der Waals surface area (Å²) >= 11 is 3.36. The third kappa shape index (κ3) is 1.62. The first-order chi connectivity index (χ1) is 7.34. The van der Waals surface area contributed by atoms with Gasteiger partial charge in [0.1, 0.15) is 5.01 Å². The van der Waals surface area contributed by atoms with Gasteiger partial charge in [-0.15, -0.1) is 22.7 Å². The Hall–Kier alpha value is -0.710. The van der Waals surface area contributed by atoms with E-state index in [1.807, 2.05) is 6.07 Å². The number of aryl methyl sites for hydroxylation is 1. The summed E-state index contributed by atoms with van der Waals surface area (Å²) in [6.45, 7) is 0. The fraction of sp³-hybridized carbons (Fsp3) is 0.364. The lowest BCUT2D eigenvalue weighted by Gasteiger charge is -2.14. The van der Waals surface area contributed by atoms with Crippen LogP contribution in [0.3, 0.4) is 0 Å². The molecule has 1 unspecified atom stereocenters. The van der Waals surface area contributed by atoms with Gasteiger partial charge >= 0.3 is 0 Å². The molecule has 0 saturated heterocycles. The van der Waals surface area contributed by atoms with Crippen LogP contribution in [0, 0.1) is 0 Å². The number of aliphatic hydroxyl groups excluding tert-OH is 1. The van der Waals surface area contributed by atoms with Crippen LogP contribution in [0.1, 0.15) is 29.5 Å². The van der Waals surface area contributed by atoms with Gasteiger partial charge < -0.3 is 5.11 Å². The molecule has 0 radical (unpaired) electrons. The van der Waals surface area contributed by atoms with Crippen LogP contribution in [-0.4, -0.2) is 10.1 Å². The summed E-state index contributed by atoms with van der Waals surface area (Å²) in [5.74, 6) is 0. The number of thiophene rings is 1. The van der Waals surface area contributed by atoms with Crippen LogP contribution in [0.25, 0.3) is 9.88 Å². The molecule has 0 spiro atoms. The van der Waals surface area contributed by atoms with Gasteiger partial charge in [-0.3, -0.25) is 0 Å². The minimum atomic E-state index is -0.278. The number of hydrogen-bond acceptors (Lipinski definition) is 4. The van der Waals surface area contributed by atoms with Crippen LogP contribution in [0.2, 0.25) is 0 Å². The zero-order valence-electron chi connectivity index (χ0n) is 8.14. The van der Waals surface area contributed by atoms with Gasteiger partial charge in [0.25, 0.3) is 0 Å². The Labute approximate surface area is 96.2 Å². The number of nitrogens with zero attached hydrogens (tertiary/aromatic N) is 1. The van der Waals surface area contributed by atoms with E-state index in [2.05, 4.69) is 16.4 Å². The Balaban J connectivity index is 2.06. The summed E-state index contributed by atoms with van der Waals surface area (Å²) < 4.78 is 0. The first kappa shape index (κ1) is 9.51. The summed E-state index contributed by atoms with van der Waals surface area (Å²) in [7, 11) is 0. The fourth-order valence-electron chi connectivity index (χ4n) is 1.90. The van der Waals surface area contributed by atoms with Gasteiger partial charge in [0.05, 0.1) is 21.6 Å². The van der Waals surface area contributed by atoms with Gasteiger partial charge in [0.2, 0.25) is 0 Å². The van der Waals surface area contributed by atoms with Crippen molar-refractivity contribution in [3.63, 3.8) is 0 Å². The lowest BCUT2D eigenvalue weighted by molar-refractivity contribution is 0.160. The second-order valence-electron chi connectivity index (χ2n) is 3.72. The molecule has 3 rings (SSSR count). The third-order valence-electron chi connectivity index (χ3n) is 2.65. The normalized spacial score (nSPS) is 20.2. The molecular formula is C11H11NOS2. The smallest absolute Gasteiger partial charge is 0.133 e. The van der Waals surface area contributed by atoms with Crippen LogP contribution in [0.5, 0.6) is 0 Å². The maximum absolute atomic E-state index is 9.85. The molecule has 1 atom stereocenters. The Kier molecular flexibility index (Phi) is 2.35. The van der Waals surface area contributed by atoms with E-state index in [0.29, 0.717) is 0 Å². The summed E-state index contributed by atoms with van der Waals surface area (Å²) in [5, 5.41) is 13.0. The minimum Gasteiger partial charge on any atom is -0.388 e. The molecule has 0 aliphatic heterocycles. The van der Waals surface area contributed by atoms with E-state index in [4.69, 9.17) is 0 Å². The minimum absolute atomic E-state index is 0.278. The SMILES string of the molecule is OC1CCCc2nc(-c3cccs3)sc21. The molecule has 2 nitrogen and oxygen atoms in total. The molecule has 1 N–H and O–H groups in total. The summed E-state index contributed by atoms with van der Waals surface area (Å²) in [4.78, 5) is 6.91. The maximum Gasteiger partial charge on any atom is 0.133 e. The first-order valence-corrected chi connectivity index (χ1v) is 6.76. The summed E-state index contributed by atoms with van der Waals surface area (Å²) in [5.41, 5.74) is 1.11. The molecule has 0 fully saturated rings. The van der Waals surface area contributed by atoms with E-state index >= 15 is 0 Å². The van der Waals surface area contributed by atoms with E-state index in [-0.39, 0.29) is 6.10 Å². The lowest BCUT2D eigenvalue weighted by Crippen LogP contribution is -2.06. The largest absolute Gasteiger partial charge is 0.388 e. The average Bonchev–Trinajstić information content (AvgIpc) is 2.86. The van der Waals surface area contributed by atoms with Crippen molar-refractivity contribution in [1.29, 1.82) is 0 Å². The van der Waals surface area contributed by atoms with E-state index in [9.17, 15) is 5.11 Å². The number of aliphatic hydroxyl groups is 1. The molecule has 2 heterocycles. The number of aromatic nitrogens is 1. The molecule has 78 valence electrons. The van der Waals surface area contributed by atoms with Gasteiger partial charge in [-0.1, -0.05) is 6.07 Å². The summed E-state index contributed by atoms with van der Waals surface area (Å²) in [6.07, 6.45) is 2.69. The highest BCUT2D eigenvalue weighted by Gasteiger charge is 2.23. The molecule has 15 heavy (non-hydrogen) atoms. The van der Waals surface area contributed by atoms with Crippen molar-refractivity contribution >= 4 is 22.7 Å². The van der Waals surface area contributed by atoms with E-state index in [1.165, 1.54) is 4.88 Å². The van der Waals surface area contributed by atoms with E-state index in [1.54, 1.807) is 22.7 Å². The molecule has 1 aliphatic rings. The molecule has 0 saturated carbocycles. The highest BCUT2D eigenvalue weighted by Crippen LogP contribution is 2.38. The Bertz CT molecular complexity index is 461. The Morgan fingerprint density at radius 1 is 1.47 bits per heavy atom. The Morgan fingerprint density at radius 3 is 3.13 bits per heavy atom. The zero-order valence-corrected chi connectivity index (χ0v) is 9.77. The molecule has 0 bridgehead atoms. The van der Waals surface area contributed by atoms with Crippen molar-refractivity contribution < 1.29 is 5.11 Å². The van der Waals surface area contributed by atoms with E-state index in [0.717, 1.165) is 34.8 Å². The predicted octanol–water partition coefficient (Wildman–Crippen LogP) is 3.24. The topological polar surface area (TPSA) is 33.1 Å². The van der Waals surface area contributed by atoms with Crippen molar-refractivity contribution in [1.82, 2.24) is 4.98 Å². The summed E-state index contributed by atoms with van der Waals surface area (Å²) in [6, 6.07) is 4.12. The number of rotatable bonds is 1. The molecule has 2 aromatic rings. The highest BCUT2D eigenvalue weighted by molar-refractivity contribution is 7.21. The standard InChI is InChI=1S/C11H11NOS2/c13-8-4-1-3-7-10(8)15-11(12-7)9-5-2-6-14-9/h2,5-6,8,13H,1,3-4H2. The van der Waals surface area contributed by atoms with Crippen LogP contribution in [0.15, 0.2) is 17.5 Å². The predicted molar refractivity (Wildman–Crippen MR) is 63.3 cm³/mol. The van der Waals surface area contributed by atoms with Crippen LogP contribution in [0.4, 0.5) is 0 Å². The molecule has 1 aliphatic carbocycles. The van der Waals surface area contributed by atoms with Gasteiger partial charge in [-0.05, 0) is 30.7 Å². The van der Waals surface area contributed by atoms with Crippen molar-refractivity contribution in [2.24, 2.45) is 0 Å². The van der Waals surface area contributed by atoms with Crippen LogP contribution in [-0.2, 0) is 6.42 Å². The molecule has 4 heteroatoms. The zero-order chi connectivity index (χ0) is 10.3. The molecule has 2 aromatic heterocycles. The van der Waals surface area contributed by atoms with E-state index < -0.39 is 0 Å². The Morgan fingerprint density at radius 2 is 2.40 bits per heavy atom. The third-order valence-corrected chi connectivity index (χ3v) is 4.89. The van der Waals surface area contributed by atoms with Crippen molar-refractivity contribution in [2.75, 3.05) is 0 Å². The average molecular weight is 237 g/mol. The monoisotopic (exact) mass is 237 g/mol. The second-order valence-corrected chi connectivity index (χ2v) is 5.69. The van der Waals surface area contributed by atoms with Crippen LogP contribution < -0.4 is 0 Å². The fourth-order valence-corrected chi connectivity index (χ4v) is 3.83. The lowest BCUT2D eigenvalue weighted by atomic mass is 10.0.